The van der Waals surface area contributed by atoms with E-state index >= 15 is 0 Å². The Morgan fingerprint density at radius 1 is 1.03 bits per heavy atom. The summed E-state index contributed by atoms with van der Waals surface area (Å²) in [4.78, 5) is 39.1. The maximum Gasteiger partial charge on any atom is 0.326 e. The van der Waals surface area contributed by atoms with Crippen molar-refractivity contribution in [1.29, 1.82) is 0 Å². The summed E-state index contributed by atoms with van der Waals surface area (Å²) in [6, 6.07) is 17.8. The molecule has 1 aliphatic rings. The molecule has 6 nitrogen and oxygen atoms in total. The van der Waals surface area contributed by atoms with Gasteiger partial charge in [-0.05, 0) is 17.0 Å². The van der Waals surface area contributed by atoms with Gasteiger partial charge in [0.25, 0.3) is 0 Å². The number of benzene rings is 2. The van der Waals surface area contributed by atoms with Crippen molar-refractivity contribution in [3.8, 4) is 0 Å². The lowest BCUT2D eigenvalue weighted by molar-refractivity contribution is -0.142. The van der Waals surface area contributed by atoms with Crippen LogP contribution in [0.1, 0.15) is 29.9 Å². The molecule has 1 aliphatic carbocycles. The van der Waals surface area contributed by atoms with Gasteiger partial charge in [-0.15, -0.1) is 12.4 Å². The van der Waals surface area contributed by atoms with Crippen molar-refractivity contribution >= 4 is 29.9 Å². The minimum Gasteiger partial charge on any atom is -0.480 e. The van der Waals surface area contributed by atoms with Crippen molar-refractivity contribution in [3.63, 3.8) is 0 Å². The number of rotatable bonds is 8. The van der Waals surface area contributed by atoms with Crippen molar-refractivity contribution in [2.24, 2.45) is 5.73 Å². The summed E-state index contributed by atoms with van der Waals surface area (Å²) in [5, 5.41) is 9.80. The molecule has 1 atom stereocenters. The van der Waals surface area contributed by atoms with Gasteiger partial charge in [0.1, 0.15) is 6.04 Å². The molecule has 3 rings (SSSR count). The molecular formula is C24H27ClN2O4. The second-order valence-electron chi connectivity index (χ2n) is 7.48. The van der Waals surface area contributed by atoms with E-state index in [0.29, 0.717) is 0 Å². The number of hydrogen-bond acceptors (Lipinski definition) is 5. The van der Waals surface area contributed by atoms with Gasteiger partial charge in [-0.3, -0.25) is 9.59 Å². The molecule has 0 saturated heterocycles. The Hall–Kier alpha value is -2.96. The average Bonchev–Trinajstić information content (AvgIpc) is 2.75. The molecule has 0 heterocycles. The molecule has 7 heteroatoms. The third-order valence-electron chi connectivity index (χ3n) is 5.37. The van der Waals surface area contributed by atoms with Crippen LogP contribution < -0.4 is 5.73 Å². The van der Waals surface area contributed by atoms with Gasteiger partial charge in [-0.1, -0.05) is 60.7 Å². The van der Waals surface area contributed by atoms with E-state index in [4.69, 9.17) is 5.73 Å². The van der Waals surface area contributed by atoms with Gasteiger partial charge in [-0.2, -0.15) is 0 Å². The molecule has 0 aliphatic heterocycles. The Balaban J connectivity index is 0.00000341. The van der Waals surface area contributed by atoms with Crippen LogP contribution in [0.15, 0.2) is 72.4 Å². The SMILES string of the molecule is Cl.NCCN(C=C1C(=O)CC(c2ccccc2)CC1=O)[C@@H](Cc1ccccc1)C(=O)O. The van der Waals surface area contributed by atoms with Gasteiger partial charge in [0.15, 0.2) is 11.6 Å². The number of nitrogens with zero attached hydrogens (tertiary/aromatic N) is 1. The Labute approximate surface area is 188 Å². The third kappa shape index (κ3) is 6.26. The first kappa shape index (κ1) is 24.3. The Kier molecular flexibility index (Phi) is 8.97. The van der Waals surface area contributed by atoms with Crippen LogP contribution in [0.4, 0.5) is 0 Å². The number of nitrogens with two attached hydrogens (primary N) is 1. The van der Waals surface area contributed by atoms with Crippen molar-refractivity contribution < 1.29 is 19.5 Å². The zero-order valence-electron chi connectivity index (χ0n) is 17.1. The zero-order valence-corrected chi connectivity index (χ0v) is 18.0. The number of carboxylic acid groups (broad SMARTS) is 1. The molecule has 1 fully saturated rings. The molecule has 0 amide bonds. The predicted molar refractivity (Wildman–Crippen MR) is 121 cm³/mol. The number of aliphatic carboxylic acids is 1. The van der Waals surface area contributed by atoms with Crippen LogP contribution in [0.25, 0.3) is 0 Å². The molecule has 1 saturated carbocycles. The summed E-state index contributed by atoms with van der Waals surface area (Å²) in [7, 11) is 0. The Morgan fingerprint density at radius 2 is 1.58 bits per heavy atom. The highest BCUT2D eigenvalue weighted by Gasteiger charge is 2.33. The van der Waals surface area contributed by atoms with Crippen LogP contribution in [0.5, 0.6) is 0 Å². The van der Waals surface area contributed by atoms with E-state index in [0.717, 1.165) is 11.1 Å². The number of halogens is 1. The zero-order chi connectivity index (χ0) is 21.5. The molecule has 0 unspecified atom stereocenters. The summed E-state index contributed by atoms with van der Waals surface area (Å²) < 4.78 is 0. The van der Waals surface area contributed by atoms with Crippen molar-refractivity contribution in [3.05, 3.63) is 83.6 Å². The lowest BCUT2D eigenvalue weighted by atomic mass is 9.80. The molecule has 3 N–H and O–H groups in total. The van der Waals surface area contributed by atoms with Gasteiger partial charge in [0.2, 0.25) is 0 Å². The van der Waals surface area contributed by atoms with Gasteiger partial charge in [-0.25, -0.2) is 4.79 Å². The number of hydrogen-bond donors (Lipinski definition) is 2. The van der Waals surface area contributed by atoms with Crippen LogP contribution in [0, 0.1) is 0 Å². The number of carbonyl (C=O) groups excluding carboxylic acids is 2. The summed E-state index contributed by atoms with van der Waals surface area (Å²) in [5.41, 5.74) is 7.58. The first-order chi connectivity index (χ1) is 14.5. The van der Waals surface area contributed by atoms with Gasteiger partial charge >= 0.3 is 5.97 Å². The molecule has 31 heavy (non-hydrogen) atoms. The van der Waals surface area contributed by atoms with Gasteiger partial charge in [0.05, 0.1) is 5.57 Å². The third-order valence-corrected chi connectivity index (χ3v) is 5.37. The smallest absolute Gasteiger partial charge is 0.326 e. The second-order valence-corrected chi connectivity index (χ2v) is 7.48. The molecule has 0 bridgehead atoms. The van der Waals surface area contributed by atoms with E-state index in [1.165, 1.54) is 11.1 Å². The fourth-order valence-corrected chi connectivity index (χ4v) is 3.81. The van der Waals surface area contributed by atoms with Crippen molar-refractivity contribution in [1.82, 2.24) is 4.90 Å². The monoisotopic (exact) mass is 442 g/mol. The predicted octanol–water partition coefficient (Wildman–Crippen LogP) is 2.96. The Bertz CT molecular complexity index is 911. The largest absolute Gasteiger partial charge is 0.480 e. The highest BCUT2D eigenvalue weighted by atomic mass is 35.5. The van der Waals surface area contributed by atoms with E-state index in [2.05, 4.69) is 0 Å². The van der Waals surface area contributed by atoms with E-state index in [1.54, 1.807) is 0 Å². The fraction of sp³-hybridized carbons (Fsp3) is 0.292. The quantitative estimate of drug-likeness (QED) is 0.481. The van der Waals surface area contributed by atoms with E-state index in [-0.39, 0.29) is 67.8 Å². The molecule has 0 spiro atoms. The summed E-state index contributed by atoms with van der Waals surface area (Å²) in [6.07, 6.45) is 2.12. The maximum atomic E-state index is 12.8. The molecule has 2 aromatic carbocycles. The standard InChI is InChI=1S/C24H26N2O4.ClH/c25-11-12-26(21(24(29)30)13-17-7-3-1-4-8-17)16-20-22(27)14-19(15-23(20)28)18-9-5-2-6-10-18;/h1-10,16,19,21H,11-15,25H2,(H,29,30);1H/t19?,21-;/m0./s1. The van der Waals surface area contributed by atoms with Crippen LogP contribution >= 0.6 is 12.4 Å². The van der Waals surface area contributed by atoms with Gasteiger partial charge in [0, 0.05) is 38.6 Å². The highest BCUT2D eigenvalue weighted by Crippen LogP contribution is 2.31. The minimum absolute atomic E-state index is 0. The number of carboxylic acids is 1. The average molecular weight is 443 g/mol. The van der Waals surface area contributed by atoms with Crippen LogP contribution in [-0.2, 0) is 20.8 Å². The molecule has 164 valence electrons. The number of allylic oxidation sites excluding steroid dienone is 1. The summed E-state index contributed by atoms with van der Waals surface area (Å²) in [6.45, 7) is 0.438. The first-order valence-corrected chi connectivity index (χ1v) is 10.0. The summed E-state index contributed by atoms with van der Waals surface area (Å²) >= 11 is 0. The van der Waals surface area contributed by atoms with E-state index in [9.17, 15) is 19.5 Å². The van der Waals surface area contributed by atoms with Crippen molar-refractivity contribution in [2.75, 3.05) is 13.1 Å². The summed E-state index contributed by atoms with van der Waals surface area (Å²) in [5.74, 6) is -1.69. The van der Waals surface area contributed by atoms with Gasteiger partial charge < -0.3 is 15.7 Å². The lowest BCUT2D eigenvalue weighted by Crippen LogP contribution is -2.43. The molecule has 0 aromatic heterocycles. The minimum atomic E-state index is -1.03. The number of ketones is 2. The highest BCUT2D eigenvalue weighted by molar-refractivity contribution is 6.22. The molecular weight excluding hydrogens is 416 g/mol. The molecule has 0 radical (unpaired) electrons. The number of carbonyl (C=O) groups is 3. The maximum absolute atomic E-state index is 12.8. The fourth-order valence-electron chi connectivity index (χ4n) is 3.81. The number of Topliss-reactive ketones (excluding diaryl/α,β-unsaturated/α-hetero) is 2. The van der Waals surface area contributed by atoms with E-state index in [1.807, 2.05) is 60.7 Å². The normalized spacial score (nSPS) is 16.9. The van der Waals surface area contributed by atoms with E-state index < -0.39 is 12.0 Å². The topological polar surface area (TPSA) is 101 Å². The second kappa shape index (κ2) is 11.4. The first-order valence-electron chi connectivity index (χ1n) is 10.0. The van der Waals surface area contributed by atoms with Crippen LogP contribution in [-0.4, -0.2) is 46.7 Å². The van der Waals surface area contributed by atoms with Crippen LogP contribution in [0.2, 0.25) is 0 Å². The lowest BCUT2D eigenvalue weighted by Gasteiger charge is -2.30. The molecule has 2 aromatic rings. The van der Waals surface area contributed by atoms with Crippen molar-refractivity contribution in [2.45, 2.75) is 31.2 Å². The Morgan fingerprint density at radius 3 is 2.10 bits per heavy atom. The van der Waals surface area contributed by atoms with Crippen LogP contribution in [0.3, 0.4) is 0 Å².